The molecule has 3 rings (SSSR count). The number of nitrogens with two attached hydrogens (primary N) is 1. The summed E-state index contributed by atoms with van der Waals surface area (Å²) in [6, 6.07) is 3.54. The van der Waals surface area contributed by atoms with Crippen LogP contribution in [0.3, 0.4) is 0 Å². The van der Waals surface area contributed by atoms with Crippen molar-refractivity contribution in [3.8, 4) is 0 Å². The second-order valence-electron chi connectivity index (χ2n) is 6.18. The van der Waals surface area contributed by atoms with Crippen LogP contribution in [-0.2, 0) is 18.3 Å². The van der Waals surface area contributed by atoms with Crippen molar-refractivity contribution in [1.82, 2.24) is 14.5 Å². The monoisotopic (exact) mass is 332 g/mol. The van der Waals surface area contributed by atoms with E-state index in [9.17, 15) is 14.4 Å². The Bertz CT molecular complexity index is 879. The van der Waals surface area contributed by atoms with Crippen molar-refractivity contribution < 1.29 is 9.21 Å². The molecule has 2 aromatic heterocycles. The average molecular weight is 332 g/mol. The smallest absolute Gasteiger partial charge is 0.328 e. The standard InChI is InChI=1S/C16H20N4O4/c1-9-3-4-13(24-9)11-7-20(8-12(11)17)14(21)5-10-6-18-16(23)19(2)15(10)22/h3-4,6,11-12H,5,7-8,17H2,1-2H3,(H,18,23)/t11-,12-/m0/s1. The highest BCUT2D eigenvalue weighted by Gasteiger charge is 2.35. The van der Waals surface area contributed by atoms with E-state index in [4.69, 9.17) is 10.2 Å². The maximum atomic E-state index is 12.5. The first-order valence-corrected chi connectivity index (χ1v) is 7.74. The van der Waals surface area contributed by atoms with Crippen molar-refractivity contribution in [1.29, 1.82) is 0 Å². The van der Waals surface area contributed by atoms with Gasteiger partial charge in [-0.3, -0.25) is 14.2 Å². The van der Waals surface area contributed by atoms with Gasteiger partial charge in [0.05, 0.1) is 12.3 Å². The fourth-order valence-corrected chi connectivity index (χ4v) is 3.00. The molecule has 24 heavy (non-hydrogen) atoms. The molecule has 0 bridgehead atoms. The first kappa shape index (κ1) is 16.3. The molecule has 0 unspecified atom stereocenters. The molecule has 2 atom stereocenters. The van der Waals surface area contributed by atoms with Crippen molar-refractivity contribution in [2.24, 2.45) is 12.8 Å². The number of aromatic nitrogens is 2. The number of aryl methyl sites for hydroxylation is 1. The summed E-state index contributed by atoms with van der Waals surface area (Å²) in [5.41, 5.74) is 5.43. The van der Waals surface area contributed by atoms with Crippen LogP contribution in [0.15, 0.2) is 32.3 Å². The summed E-state index contributed by atoms with van der Waals surface area (Å²) in [7, 11) is 1.37. The lowest BCUT2D eigenvalue weighted by Gasteiger charge is -2.15. The van der Waals surface area contributed by atoms with E-state index in [-0.39, 0.29) is 29.9 Å². The molecule has 1 aliphatic heterocycles. The summed E-state index contributed by atoms with van der Waals surface area (Å²) in [6.45, 7) is 2.72. The number of carbonyl (C=O) groups excluding carboxylic acids is 1. The number of amides is 1. The van der Waals surface area contributed by atoms with Crippen LogP contribution >= 0.6 is 0 Å². The molecule has 1 saturated heterocycles. The number of nitrogens with zero attached hydrogens (tertiary/aromatic N) is 2. The Hall–Kier alpha value is -2.61. The van der Waals surface area contributed by atoms with Gasteiger partial charge in [-0.25, -0.2) is 4.79 Å². The Morgan fingerprint density at radius 3 is 2.79 bits per heavy atom. The molecule has 0 aromatic carbocycles. The van der Waals surface area contributed by atoms with Crippen LogP contribution in [-0.4, -0.2) is 39.5 Å². The number of H-pyrrole nitrogens is 1. The molecular weight excluding hydrogens is 312 g/mol. The van der Waals surface area contributed by atoms with Gasteiger partial charge < -0.3 is 20.0 Å². The molecule has 3 N–H and O–H groups in total. The zero-order valence-corrected chi connectivity index (χ0v) is 13.6. The summed E-state index contributed by atoms with van der Waals surface area (Å²) in [4.78, 5) is 40.0. The quantitative estimate of drug-likeness (QED) is 0.784. The van der Waals surface area contributed by atoms with Crippen LogP contribution in [0.25, 0.3) is 0 Å². The van der Waals surface area contributed by atoms with E-state index in [1.54, 1.807) is 4.90 Å². The molecule has 1 fully saturated rings. The lowest BCUT2D eigenvalue weighted by molar-refractivity contribution is -0.129. The first-order chi connectivity index (χ1) is 11.4. The Balaban J connectivity index is 1.74. The Kier molecular flexibility index (Phi) is 4.15. The Labute approximate surface area is 137 Å². The maximum absolute atomic E-state index is 12.5. The van der Waals surface area contributed by atoms with Crippen molar-refractivity contribution >= 4 is 5.91 Å². The fraction of sp³-hybridized carbons (Fsp3) is 0.438. The summed E-state index contributed by atoms with van der Waals surface area (Å²) in [5.74, 6) is 1.33. The highest BCUT2D eigenvalue weighted by Crippen LogP contribution is 2.28. The van der Waals surface area contributed by atoms with Crippen molar-refractivity contribution in [2.75, 3.05) is 13.1 Å². The van der Waals surface area contributed by atoms with Gasteiger partial charge in [0.2, 0.25) is 5.91 Å². The lowest BCUT2D eigenvalue weighted by atomic mass is 10.0. The number of hydrogen-bond acceptors (Lipinski definition) is 5. The summed E-state index contributed by atoms with van der Waals surface area (Å²) >= 11 is 0. The number of nitrogens with one attached hydrogen (secondary N) is 1. The van der Waals surface area contributed by atoms with Crippen LogP contribution in [0.5, 0.6) is 0 Å². The van der Waals surface area contributed by atoms with Crippen LogP contribution in [0, 0.1) is 6.92 Å². The molecular formula is C16H20N4O4. The molecule has 0 spiro atoms. The lowest BCUT2D eigenvalue weighted by Crippen LogP contribution is -2.38. The third-order valence-electron chi connectivity index (χ3n) is 4.44. The van der Waals surface area contributed by atoms with E-state index < -0.39 is 11.2 Å². The predicted molar refractivity (Wildman–Crippen MR) is 86.7 cm³/mol. The minimum absolute atomic E-state index is 0.0546. The normalized spacial score (nSPS) is 20.5. The van der Waals surface area contributed by atoms with E-state index >= 15 is 0 Å². The number of hydrogen-bond donors (Lipinski definition) is 2. The molecule has 0 aliphatic carbocycles. The van der Waals surface area contributed by atoms with Gasteiger partial charge in [0, 0.05) is 37.9 Å². The molecule has 2 aromatic rings. The van der Waals surface area contributed by atoms with Gasteiger partial charge in [0.1, 0.15) is 11.5 Å². The number of furan rings is 1. The van der Waals surface area contributed by atoms with Gasteiger partial charge in [-0.2, -0.15) is 0 Å². The summed E-state index contributed by atoms with van der Waals surface area (Å²) < 4.78 is 6.57. The Morgan fingerprint density at radius 1 is 1.38 bits per heavy atom. The SMILES string of the molecule is Cc1ccc([C@H]2CN(C(=O)Cc3c[nH]c(=O)n(C)c3=O)C[C@@H]2N)o1. The van der Waals surface area contributed by atoms with E-state index in [1.165, 1.54) is 13.2 Å². The molecule has 1 amide bonds. The minimum Gasteiger partial charge on any atom is -0.466 e. The van der Waals surface area contributed by atoms with Gasteiger partial charge in [-0.15, -0.1) is 0 Å². The van der Waals surface area contributed by atoms with E-state index in [0.29, 0.717) is 13.1 Å². The van der Waals surface area contributed by atoms with E-state index in [2.05, 4.69) is 4.98 Å². The number of carbonyl (C=O) groups is 1. The third kappa shape index (κ3) is 2.92. The summed E-state index contributed by atoms with van der Waals surface area (Å²) in [5, 5.41) is 0. The van der Waals surface area contributed by atoms with Gasteiger partial charge in [0.25, 0.3) is 5.56 Å². The zero-order chi connectivity index (χ0) is 17.4. The van der Waals surface area contributed by atoms with Crippen molar-refractivity contribution in [3.63, 3.8) is 0 Å². The van der Waals surface area contributed by atoms with Crippen molar-refractivity contribution in [3.05, 3.63) is 56.3 Å². The maximum Gasteiger partial charge on any atom is 0.328 e. The van der Waals surface area contributed by atoms with Crippen LogP contribution in [0.4, 0.5) is 0 Å². The zero-order valence-electron chi connectivity index (χ0n) is 13.6. The predicted octanol–water partition coefficient (Wildman–Crippen LogP) is -0.529. The fourth-order valence-electron chi connectivity index (χ4n) is 3.00. The second kappa shape index (κ2) is 6.12. The van der Waals surface area contributed by atoms with Crippen LogP contribution in [0.2, 0.25) is 0 Å². The van der Waals surface area contributed by atoms with Gasteiger partial charge in [-0.05, 0) is 19.1 Å². The highest BCUT2D eigenvalue weighted by molar-refractivity contribution is 5.79. The van der Waals surface area contributed by atoms with Crippen molar-refractivity contribution in [2.45, 2.75) is 25.3 Å². The average Bonchev–Trinajstić information content (AvgIpc) is 3.13. The topological polar surface area (TPSA) is 114 Å². The highest BCUT2D eigenvalue weighted by atomic mass is 16.3. The molecule has 3 heterocycles. The van der Waals surface area contributed by atoms with Gasteiger partial charge in [-0.1, -0.05) is 0 Å². The second-order valence-corrected chi connectivity index (χ2v) is 6.18. The molecule has 0 radical (unpaired) electrons. The minimum atomic E-state index is -0.507. The van der Waals surface area contributed by atoms with E-state index in [0.717, 1.165) is 16.1 Å². The first-order valence-electron chi connectivity index (χ1n) is 7.74. The molecule has 0 saturated carbocycles. The van der Waals surface area contributed by atoms with Gasteiger partial charge >= 0.3 is 5.69 Å². The van der Waals surface area contributed by atoms with Crippen LogP contribution < -0.4 is 17.0 Å². The Morgan fingerprint density at radius 2 is 2.12 bits per heavy atom. The summed E-state index contributed by atoms with van der Waals surface area (Å²) in [6.07, 6.45) is 1.23. The largest absolute Gasteiger partial charge is 0.466 e. The third-order valence-corrected chi connectivity index (χ3v) is 4.44. The number of rotatable bonds is 3. The number of likely N-dealkylation sites (tertiary alicyclic amines) is 1. The molecule has 8 heteroatoms. The molecule has 128 valence electrons. The molecule has 1 aliphatic rings. The number of aromatic amines is 1. The van der Waals surface area contributed by atoms with Gasteiger partial charge in [0.15, 0.2) is 0 Å². The van der Waals surface area contributed by atoms with E-state index in [1.807, 2.05) is 19.1 Å². The van der Waals surface area contributed by atoms with Crippen LogP contribution in [0.1, 0.15) is 23.0 Å². The molecule has 8 nitrogen and oxygen atoms in total.